The topological polar surface area (TPSA) is 127 Å². The van der Waals surface area contributed by atoms with E-state index in [1.54, 1.807) is 0 Å². The third-order valence-electron chi connectivity index (χ3n) is 1.34. The van der Waals surface area contributed by atoms with Crippen molar-refractivity contribution in [3.8, 4) is 6.07 Å². The molecule has 0 unspecified atom stereocenters. The molecule has 0 aromatic heterocycles. The summed E-state index contributed by atoms with van der Waals surface area (Å²) in [6.45, 7) is 0. The first-order valence-corrected chi connectivity index (χ1v) is 3.10. The van der Waals surface area contributed by atoms with Crippen LogP contribution < -0.4 is 0 Å². The van der Waals surface area contributed by atoms with Crippen LogP contribution in [-0.2, 0) is 65.2 Å². The molecule has 5 nitrogen and oxygen atoms in total. The molecule has 0 atom stereocenters. The van der Waals surface area contributed by atoms with Gasteiger partial charge in [-0.15, -0.1) is 0 Å². The third kappa shape index (κ3) is 9.89. The number of nitriles is 1. The minimum Gasteiger partial charge on any atom is -0.412 e. The SMILES string of the molecule is N#Cc1ccc(C(O)O)cc1.O.O.[Ti+3].[Ti+3].[Ti]. The molecule has 8 heteroatoms. The van der Waals surface area contributed by atoms with Crippen LogP contribution in [0.1, 0.15) is 17.4 Å². The maximum Gasteiger partial charge on any atom is 3.00 e. The summed E-state index contributed by atoms with van der Waals surface area (Å²) in [5.74, 6) is 0. The Labute approximate surface area is 138 Å². The largest absolute Gasteiger partial charge is 3.00 e. The van der Waals surface area contributed by atoms with Gasteiger partial charge < -0.3 is 21.2 Å². The summed E-state index contributed by atoms with van der Waals surface area (Å²) in [7, 11) is 0. The Morgan fingerprint density at radius 1 is 1.00 bits per heavy atom. The van der Waals surface area contributed by atoms with E-state index >= 15 is 0 Å². The summed E-state index contributed by atoms with van der Waals surface area (Å²) < 4.78 is 0. The van der Waals surface area contributed by atoms with Gasteiger partial charge in [-0.2, -0.15) is 5.26 Å². The summed E-state index contributed by atoms with van der Waals surface area (Å²) in [6.07, 6.45) is -1.46. The molecule has 1 rings (SSSR count). The molecule has 0 spiro atoms. The summed E-state index contributed by atoms with van der Waals surface area (Å²) in [5.41, 5.74) is 0.901. The van der Waals surface area contributed by atoms with Crippen LogP contribution in [-0.4, -0.2) is 21.2 Å². The first-order valence-electron chi connectivity index (χ1n) is 3.10. The number of benzene rings is 1. The van der Waals surface area contributed by atoms with Crippen LogP contribution in [0.25, 0.3) is 0 Å². The van der Waals surface area contributed by atoms with E-state index in [4.69, 9.17) is 15.5 Å². The standard InChI is InChI=1S/C8H7NO2.2H2O.3Ti/c9-5-6-1-3-7(4-2-6)8(10)11;;;;;/h1-4,8,10-11H;2*1H2;;;/q;;;;2*+3. The summed E-state index contributed by atoms with van der Waals surface area (Å²) in [6, 6.07) is 8.01. The summed E-state index contributed by atoms with van der Waals surface area (Å²) in [5, 5.41) is 25.7. The van der Waals surface area contributed by atoms with E-state index in [-0.39, 0.29) is 76.1 Å². The molecule has 78 valence electrons. The summed E-state index contributed by atoms with van der Waals surface area (Å²) >= 11 is 0. The van der Waals surface area contributed by atoms with E-state index in [1.807, 2.05) is 6.07 Å². The monoisotopic (exact) mass is 329 g/mol. The Kier molecular flexibility index (Phi) is 29.5. The first-order chi connectivity index (χ1) is 5.24. The smallest absolute Gasteiger partial charge is 0.412 e. The van der Waals surface area contributed by atoms with E-state index in [0.717, 1.165) is 0 Å². The van der Waals surface area contributed by atoms with Crippen molar-refractivity contribution in [1.82, 2.24) is 0 Å². The fraction of sp³-hybridized carbons (Fsp3) is 0.125. The molecule has 6 N–H and O–H groups in total. The van der Waals surface area contributed by atoms with Crippen molar-refractivity contribution >= 4 is 0 Å². The van der Waals surface area contributed by atoms with Gasteiger partial charge in [0.15, 0.2) is 6.29 Å². The van der Waals surface area contributed by atoms with E-state index in [9.17, 15) is 0 Å². The van der Waals surface area contributed by atoms with E-state index in [1.165, 1.54) is 24.3 Å². The molecule has 2 radical (unpaired) electrons. The van der Waals surface area contributed by atoms with Gasteiger partial charge >= 0.3 is 43.4 Å². The average molecular weight is 329 g/mol. The zero-order valence-electron chi connectivity index (χ0n) is 8.23. The first kappa shape index (κ1) is 30.1. The van der Waals surface area contributed by atoms with Gasteiger partial charge in [-0.1, -0.05) is 12.1 Å². The van der Waals surface area contributed by atoms with Crippen molar-refractivity contribution in [1.29, 1.82) is 5.26 Å². The number of hydrogen-bond acceptors (Lipinski definition) is 3. The van der Waals surface area contributed by atoms with Crippen molar-refractivity contribution < 1.29 is 86.3 Å². The van der Waals surface area contributed by atoms with Crippen LogP contribution >= 0.6 is 0 Å². The maximum absolute atomic E-state index is 8.66. The van der Waals surface area contributed by atoms with Crippen LogP contribution in [0.2, 0.25) is 0 Å². The molecule has 1 aromatic rings. The van der Waals surface area contributed by atoms with Crippen LogP contribution in [0.4, 0.5) is 0 Å². The number of aliphatic hydroxyl groups is 2. The van der Waals surface area contributed by atoms with E-state index in [0.29, 0.717) is 11.1 Å². The molecule has 1 aromatic carbocycles. The average Bonchev–Trinajstić information content (AvgIpc) is 2.05. The number of rotatable bonds is 1. The van der Waals surface area contributed by atoms with Gasteiger partial charge in [0.1, 0.15) is 0 Å². The predicted molar refractivity (Wildman–Crippen MR) is 45.6 cm³/mol. The van der Waals surface area contributed by atoms with E-state index < -0.39 is 6.29 Å². The second kappa shape index (κ2) is 15.7. The second-order valence-corrected chi connectivity index (χ2v) is 2.11. The molecule has 0 aliphatic carbocycles. The Morgan fingerprint density at radius 2 is 1.38 bits per heavy atom. The van der Waals surface area contributed by atoms with Gasteiger partial charge in [0.05, 0.1) is 11.6 Å². The predicted octanol–water partition coefficient (Wildman–Crippen LogP) is -1.12. The van der Waals surface area contributed by atoms with Gasteiger partial charge in [0.2, 0.25) is 0 Å². The van der Waals surface area contributed by atoms with Crippen molar-refractivity contribution in [3.63, 3.8) is 0 Å². The fourth-order valence-corrected chi connectivity index (χ4v) is 0.730. The van der Waals surface area contributed by atoms with Crippen molar-refractivity contribution in [2.24, 2.45) is 0 Å². The van der Waals surface area contributed by atoms with Crippen LogP contribution in [0.15, 0.2) is 24.3 Å². The zero-order chi connectivity index (χ0) is 8.27. The third-order valence-corrected chi connectivity index (χ3v) is 1.34. The minimum absolute atomic E-state index is 0. The number of hydrogen-bond donors (Lipinski definition) is 2. The van der Waals surface area contributed by atoms with Gasteiger partial charge in [0, 0.05) is 27.3 Å². The van der Waals surface area contributed by atoms with Crippen molar-refractivity contribution in [3.05, 3.63) is 35.4 Å². The van der Waals surface area contributed by atoms with Gasteiger partial charge in [-0.05, 0) is 12.1 Å². The normalized spacial score (nSPS) is 6.62. The summed E-state index contributed by atoms with van der Waals surface area (Å²) in [4.78, 5) is 0. The molecular formula is C8H11NO4Ti3+6. The molecule has 0 amide bonds. The van der Waals surface area contributed by atoms with Gasteiger partial charge in [-0.25, -0.2) is 0 Å². The van der Waals surface area contributed by atoms with Crippen LogP contribution in [0, 0.1) is 11.3 Å². The van der Waals surface area contributed by atoms with Crippen LogP contribution in [0.3, 0.4) is 0 Å². The molecule has 0 fully saturated rings. The van der Waals surface area contributed by atoms with Gasteiger partial charge in [-0.3, -0.25) is 0 Å². The molecule has 0 saturated carbocycles. The Morgan fingerprint density at radius 3 is 1.62 bits per heavy atom. The molecular weight excluding hydrogens is 318 g/mol. The maximum atomic E-state index is 8.66. The minimum atomic E-state index is -1.46. The quantitative estimate of drug-likeness (QED) is 0.501. The van der Waals surface area contributed by atoms with Crippen LogP contribution in [0.5, 0.6) is 0 Å². The van der Waals surface area contributed by atoms with Crippen molar-refractivity contribution in [2.75, 3.05) is 0 Å². The second-order valence-electron chi connectivity index (χ2n) is 2.11. The van der Waals surface area contributed by atoms with Crippen molar-refractivity contribution in [2.45, 2.75) is 6.29 Å². The number of nitrogens with zero attached hydrogens (tertiary/aromatic N) is 1. The van der Waals surface area contributed by atoms with Gasteiger partial charge in [0.25, 0.3) is 0 Å². The molecule has 0 aliphatic rings. The molecule has 0 aliphatic heterocycles. The fourth-order valence-electron chi connectivity index (χ4n) is 0.730. The molecule has 0 bridgehead atoms. The number of aliphatic hydroxyl groups excluding tert-OH is 1. The zero-order valence-corrected chi connectivity index (χ0v) is 12.9. The van der Waals surface area contributed by atoms with E-state index in [2.05, 4.69) is 0 Å². The molecule has 0 heterocycles. The molecule has 16 heavy (non-hydrogen) atoms. The molecule has 0 saturated heterocycles. The Hall–Kier alpha value is 0.693. The Balaban J connectivity index is -0.0000000807. The Bertz CT molecular complexity index is 286.